The van der Waals surface area contributed by atoms with E-state index < -0.39 is 5.82 Å². The maximum atomic E-state index is 13.9. The molecule has 186 valence electrons. The summed E-state index contributed by atoms with van der Waals surface area (Å²) in [7, 11) is 3.14. The molecule has 0 atom stereocenters. The van der Waals surface area contributed by atoms with Crippen LogP contribution in [0.25, 0.3) is 10.9 Å². The number of aryl methyl sites for hydroxylation is 1. The maximum absolute atomic E-state index is 13.9. The minimum Gasteiger partial charge on any atom is -0.493 e. The number of rotatable bonds is 9. The highest BCUT2D eigenvalue weighted by atomic mass is 19.1. The smallest absolute Gasteiger partial charge is 0.254 e. The molecule has 1 amide bonds. The van der Waals surface area contributed by atoms with Gasteiger partial charge in [0, 0.05) is 23.2 Å². The van der Waals surface area contributed by atoms with E-state index in [-0.39, 0.29) is 23.6 Å². The normalized spacial score (nSPS) is 10.9. The summed E-state index contributed by atoms with van der Waals surface area (Å²) in [6, 6.07) is 18.9. The molecule has 0 saturated heterocycles. The zero-order chi connectivity index (χ0) is 25.7. The number of H-pyrrole nitrogens is 1. The molecule has 0 aliphatic rings. The predicted molar refractivity (Wildman–Crippen MR) is 138 cm³/mol. The Bertz CT molecular complexity index is 1450. The fourth-order valence-corrected chi connectivity index (χ4v) is 4.20. The predicted octanol–water partition coefficient (Wildman–Crippen LogP) is 5.13. The van der Waals surface area contributed by atoms with Crippen LogP contribution in [-0.4, -0.2) is 36.6 Å². The molecule has 4 rings (SSSR count). The van der Waals surface area contributed by atoms with Crippen molar-refractivity contribution < 1.29 is 18.7 Å². The number of ether oxygens (including phenoxy) is 2. The maximum Gasteiger partial charge on any atom is 0.254 e. The molecule has 0 radical (unpaired) electrons. The van der Waals surface area contributed by atoms with Gasteiger partial charge in [0.1, 0.15) is 5.82 Å². The summed E-state index contributed by atoms with van der Waals surface area (Å²) in [4.78, 5) is 30.8. The summed E-state index contributed by atoms with van der Waals surface area (Å²) >= 11 is 0. The Balaban J connectivity index is 1.66. The lowest BCUT2D eigenvalue weighted by molar-refractivity contribution is 0.0744. The van der Waals surface area contributed by atoms with Crippen LogP contribution < -0.4 is 15.0 Å². The number of hydrogen-bond donors (Lipinski definition) is 1. The van der Waals surface area contributed by atoms with Crippen LogP contribution in [0, 0.1) is 5.82 Å². The second-order valence-electron chi connectivity index (χ2n) is 8.58. The molecule has 0 saturated carbocycles. The number of fused-ring (bicyclic) bond motifs is 1. The molecule has 0 fully saturated rings. The molecule has 4 aromatic rings. The third kappa shape index (κ3) is 5.57. The van der Waals surface area contributed by atoms with Crippen LogP contribution in [0.15, 0.2) is 71.5 Å². The number of nitrogens with zero attached hydrogens (tertiary/aromatic N) is 1. The average Bonchev–Trinajstić information content (AvgIpc) is 2.90. The molecule has 0 unspecified atom stereocenters. The van der Waals surface area contributed by atoms with Crippen LogP contribution >= 0.6 is 0 Å². The summed E-state index contributed by atoms with van der Waals surface area (Å²) in [5.74, 6) is 0.368. The SMILES string of the molecule is CCc1ccc2[nH]c(=O)c(CN(CCc3ccc(OC)c(OC)c3)C(=O)c3cccc(F)c3)cc2c1. The number of aromatic amines is 1. The topological polar surface area (TPSA) is 71.6 Å². The molecule has 36 heavy (non-hydrogen) atoms. The fourth-order valence-electron chi connectivity index (χ4n) is 4.20. The second kappa shape index (κ2) is 11.1. The van der Waals surface area contributed by atoms with Gasteiger partial charge in [0.25, 0.3) is 11.5 Å². The number of hydrogen-bond acceptors (Lipinski definition) is 4. The Morgan fingerprint density at radius 3 is 2.44 bits per heavy atom. The molecule has 1 aromatic heterocycles. The van der Waals surface area contributed by atoms with Crippen molar-refractivity contribution in [2.24, 2.45) is 0 Å². The second-order valence-corrected chi connectivity index (χ2v) is 8.58. The van der Waals surface area contributed by atoms with Gasteiger partial charge in [-0.05, 0) is 77.9 Å². The molecular weight excluding hydrogens is 459 g/mol. The summed E-state index contributed by atoms with van der Waals surface area (Å²) in [5.41, 5.74) is 3.27. The number of benzene rings is 3. The van der Waals surface area contributed by atoms with E-state index in [9.17, 15) is 14.0 Å². The number of amides is 1. The molecule has 0 spiro atoms. The van der Waals surface area contributed by atoms with Gasteiger partial charge in [-0.1, -0.05) is 25.1 Å². The van der Waals surface area contributed by atoms with Crippen LogP contribution in [0.5, 0.6) is 11.5 Å². The summed E-state index contributed by atoms with van der Waals surface area (Å²) in [6.45, 7) is 2.48. The van der Waals surface area contributed by atoms with E-state index in [1.807, 2.05) is 42.5 Å². The van der Waals surface area contributed by atoms with Gasteiger partial charge in [-0.3, -0.25) is 9.59 Å². The van der Waals surface area contributed by atoms with Gasteiger partial charge in [0.15, 0.2) is 11.5 Å². The number of carbonyl (C=O) groups excluding carboxylic acids is 1. The van der Waals surface area contributed by atoms with Crippen molar-refractivity contribution in [3.63, 3.8) is 0 Å². The van der Waals surface area contributed by atoms with Crippen LogP contribution in [0.4, 0.5) is 4.39 Å². The number of carbonyl (C=O) groups is 1. The van der Waals surface area contributed by atoms with Crippen LogP contribution in [0.2, 0.25) is 0 Å². The zero-order valence-corrected chi connectivity index (χ0v) is 20.6. The molecule has 6 nitrogen and oxygen atoms in total. The van der Waals surface area contributed by atoms with Gasteiger partial charge < -0.3 is 19.4 Å². The molecular formula is C29H29FN2O4. The third-order valence-electron chi connectivity index (χ3n) is 6.23. The molecule has 0 aliphatic heterocycles. The lowest BCUT2D eigenvalue weighted by Gasteiger charge is -2.23. The van der Waals surface area contributed by atoms with Crippen LogP contribution in [0.3, 0.4) is 0 Å². The van der Waals surface area contributed by atoms with E-state index >= 15 is 0 Å². The van der Waals surface area contributed by atoms with E-state index in [4.69, 9.17) is 9.47 Å². The quantitative estimate of drug-likeness (QED) is 0.355. The van der Waals surface area contributed by atoms with Crippen molar-refractivity contribution in [2.45, 2.75) is 26.3 Å². The fraction of sp³-hybridized carbons (Fsp3) is 0.241. The highest BCUT2D eigenvalue weighted by Gasteiger charge is 2.19. The van der Waals surface area contributed by atoms with Crippen molar-refractivity contribution in [1.29, 1.82) is 0 Å². The zero-order valence-electron chi connectivity index (χ0n) is 20.6. The minimum atomic E-state index is -0.490. The Morgan fingerprint density at radius 1 is 0.944 bits per heavy atom. The van der Waals surface area contributed by atoms with Crippen molar-refractivity contribution in [1.82, 2.24) is 9.88 Å². The molecule has 1 N–H and O–H groups in total. The van der Waals surface area contributed by atoms with Crippen LogP contribution in [-0.2, 0) is 19.4 Å². The van der Waals surface area contributed by atoms with Gasteiger partial charge in [0.2, 0.25) is 0 Å². The summed E-state index contributed by atoms with van der Waals surface area (Å²) < 4.78 is 24.6. The molecule has 7 heteroatoms. The van der Waals surface area contributed by atoms with E-state index in [0.29, 0.717) is 30.0 Å². The first kappa shape index (κ1) is 25.0. The Hall–Kier alpha value is -4.13. The van der Waals surface area contributed by atoms with Gasteiger partial charge in [-0.2, -0.15) is 0 Å². The molecule has 3 aromatic carbocycles. The molecule has 1 heterocycles. The number of halogens is 1. The number of pyridine rings is 1. The van der Waals surface area contributed by atoms with Gasteiger partial charge in [-0.15, -0.1) is 0 Å². The highest BCUT2D eigenvalue weighted by molar-refractivity contribution is 5.94. The largest absolute Gasteiger partial charge is 0.493 e. The Labute approximate surface area is 209 Å². The third-order valence-corrected chi connectivity index (χ3v) is 6.23. The Kier molecular flexibility index (Phi) is 7.68. The van der Waals surface area contributed by atoms with E-state index in [1.165, 1.54) is 18.2 Å². The summed E-state index contributed by atoms with van der Waals surface area (Å²) in [6.07, 6.45) is 1.38. The number of methoxy groups -OCH3 is 2. The van der Waals surface area contributed by atoms with Crippen molar-refractivity contribution in [3.8, 4) is 11.5 Å². The lowest BCUT2D eigenvalue weighted by atomic mass is 10.1. The minimum absolute atomic E-state index is 0.0876. The monoisotopic (exact) mass is 488 g/mol. The Morgan fingerprint density at radius 2 is 1.72 bits per heavy atom. The van der Waals surface area contributed by atoms with E-state index in [0.717, 1.165) is 28.5 Å². The van der Waals surface area contributed by atoms with E-state index in [1.54, 1.807) is 25.2 Å². The highest BCUT2D eigenvalue weighted by Crippen LogP contribution is 2.28. The van der Waals surface area contributed by atoms with Gasteiger partial charge >= 0.3 is 0 Å². The first-order chi connectivity index (χ1) is 17.4. The molecule has 0 aliphatic carbocycles. The average molecular weight is 489 g/mol. The van der Waals surface area contributed by atoms with Crippen molar-refractivity contribution >= 4 is 16.8 Å². The van der Waals surface area contributed by atoms with Gasteiger partial charge in [-0.25, -0.2) is 4.39 Å². The summed E-state index contributed by atoms with van der Waals surface area (Å²) in [5, 5.41) is 0.905. The van der Waals surface area contributed by atoms with Crippen LogP contribution in [0.1, 0.15) is 34.0 Å². The van der Waals surface area contributed by atoms with Crippen molar-refractivity contribution in [2.75, 3.05) is 20.8 Å². The standard InChI is InChI=1S/C29H29FN2O4/c1-4-19-8-10-25-22(14-19)16-23(28(33)31-25)18-32(29(34)21-6-5-7-24(30)17-21)13-12-20-9-11-26(35-2)27(15-20)36-3/h5-11,14-17H,4,12-13,18H2,1-3H3,(H,31,33). The molecule has 0 bridgehead atoms. The first-order valence-corrected chi connectivity index (χ1v) is 11.8. The van der Waals surface area contributed by atoms with E-state index in [2.05, 4.69) is 11.9 Å². The lowest BCUT2D eigenvalue weighted by Crippen LogP contribution is -2.34. The number of aromatic nitrogens is 1. The van der Waals surface area contributed by atoms with Gasteiger partial charge in [0.05, 0.1) is 20.8 Å². The first-order valence-electron chi connectivity index (χ1n) is 11.8. The number of nitrogens with one attached hydrogen (secondary N) is 1. The van der Waals surface area contributed by atoms with Crippen molar-refractivity contribution in [3.05, 3.63) is 105 Å².